The first-order valence-electron chi connectivity index (χ1n) is 7.51. The number of nitrogens with zero attached hydrogens (tertiary/aromatic N) is 3. The number of thiazole rings is 1. The van der Waals surface area contributed by atoms with Gasteiger partial charge >= 0.3 is 0 Å². The second-order valence-corrected chi connectivity index (χ2v) is 7.23. The van der Waals surface area contributed by atoms with Crippen LogP contribution in [0.4, 0.5) is 5.13 Å². The lowest BCUT2D eigenvalue weighted by molar-refractivity contribution is -0.115. The number of fused-ring (bicyclic) bond motifs is 1. The van der Waals surface area contributed by atoms with Crippen molar-refractivity contribution in [2.75, 3.05) is 11.1 Å². The molecule has 0 bridgehead atoms. The Bertz CT molecular complexity index is 737. The molecule has 0 aromatic carbocycles. The van der Waals surface area contributed by atoms with Gasteiger partial charge in [0.25, 0.3) is 0 Å². The highest BCUT2D eigenvalue weighted by atomic mass is 32.2. The Kier molecular flexibility index (Phi) is 5.26. The van der Waals surface area contributed by atoms with Gasteiger partial charge < -0.3 is 5.32 Å². The second kappa shape index (κ2) is 7.57. The molecular weight excluding hydrogens is 328 g/mol. The summed E-state index contributed by atoms with van der Waals surface area (Å²) in [5.74, 6) is 0.529. The summed E-state index contributed by atoms with van der Waals surface area (Å²) < 4.78 is 0. The summed E-state index contributed by atoms with van der Waals surface area (Å²) in [6.45, 7) is 0. The van der Waals surface area contributed by atoms with Crippen LogP contribution in [0.15, 0.2) is 22.7 Å². The number of aryl methyl sites for hydroxylation is 2. The summed E-state index contributed by atoms with van der Waals surface area (Å²) in [5.41, 5.74) is 2.94. The van der Waals surface area contributed by atoms with Gasteiger partial charge in [0.15, 0.2) is 5.13 Å². The molecular formula is C16H16N4OS2. The van der Waals surface area contributed by atoms with Crippen LogP contribution in [0.25, 0.3) is 0 Å². The number of amides is 1. The molecule has 0 saturated carbocycles. The number of rotatable bonds is 5. The summed E-state index contributed by atoms with van der Waals surface area (Å²) in [7, 11) is 0. The van der Waals surface area contributed by atoms with Crippen LogP contribution in [0.5, 0.6) is 0 Å². The van der Waals surface area contributed by atoms with Crippen molar-refractivity contribution in [2.45, 2.75) is 37.1 Å². The van der Waals surface area contributed by atoms with Gasteiger partial charge in [-0.05, 0) is 37.3 Å². The zero-order valence-electron chi connectivity index (χ0n) is 12.5. The van der Waals surface area contributed by atoms with E-state index in [0.29, 0.717) is 22.9 Å². The first kappa shape index (κ1) is 16.0. The van der Waals surface area contributed by atoms with Crippen LogP contribution < -0.4 is 5.32 Å². The van der Waals surface area contributed by atoms with Gasteiger partial charge in [0.1, 0.15) is 11.1 Å². The molecule has 2 aromatic rings. The van der Waals surface area contributed by atoms with Crippen molar-refractivity contribution in [1.82, 2.24) is 9.97 Å². The van der Waals surface area contributed by atoms with Gasteiger partial charge in [-0.2, -0.15) is 5.26 Å². The molecule has 1 aliphatic carbocycles. The predicted octanol–water partition coefficient (Wildman–Crippen LogP) is 3.41. The fourth-order valence-electron chi connectivity index (χ4n) is 2.51. The quantitative estimate of drug-likeness (QED) is 0.841. The molecule has 0 saturated heterocycles. The van der Waals surface area contributed by atoms with E-state index in [1.54, 1.807) is 6.20 Å². The van der Waals surface area contributed by atoms with Gasteiger partial charge in [-0.3, -0.25) is 4.79 Å². The van der Waals surface area contributed by atoms with E-state index in [0.717, 1.165) is 30.0 Å². The van der Waals surface area contributed by atoms with Gasteiger partial charge in [0, 0.05) is 29.4 Å². The SMILES string of the molecule is N#Cc1cc2c(nc1SCCC(=O)Nc1nccs1)CCCC2. The van der Waals surface area contributed by atoms with Crippen molar-refractivity contribution in [3.05, 3.63) is 34.5 Å². The first-order chi connectivity index (χ1) is 11.3. The van der Waals surface area contributed by atoms with Crippen molar-refractivity contribution >= 4 is 34.1 Å². The molecule has 3 rings (SSSR count). The van der Waals surface area contributed by atoms with Crippen LogP contribution in [-0.4, -0.2) is 21.6 Å². The Morgan fingerprint density at radius 2 is 2.30 bits per heavy atom. The highest BCUT2D eigenvalue weighted by Crippen LogP contribution is 2.27. The third-order valence-electron chi connectivity index (χ3n) is 3.63. The average molecular weight is 344 g/mol. The van der Waals surface area contributed by atoms with Gasteiger partial charge in [0.05, 0.1) is 5.56 Å². The molecule has 23 heavy (non-hydrogen) atoms. The van der Waals surface area contributed by atoms with Crippen LogP contribution in [0, 0.1) is 11.3 Å². The topological polar surface area (TPSA) is 78.7 Å². The summed E-state index contributed by atoms with van der Waals surface area (Å²) in [5, 5.41) is 15.2. The van der Waals surface area contributed by atoms with E-state index in [2.05, 4.69) is 21.4 Å². The predicted molar refractivity (Wildman–Crippen MR) is 91.7 cm³/mol. The molecule has 0 atom stereocenters. The van der Waals surface area contributed by atoms with Crippen LogP contribution in [0.2, 0.25) is 0 Å². The number of aromatic nitrogens is 2. The minimum atomic E-state index is -0.0658. The molecule has 1 N–H and O–H groups in total. The molecule has 2 aromatic heterocycles. The number of carbonyl (C=O) groups is 1. The van der Waals surface area contributed by atoms with Crippen LogP contribution >= 0.6 is 23.1 Å². The molecule has 0 spiro atoms. The summed E-state index contributed by atoms with van der Waals surface area (Å²) >= 11 is 2.87. The van der Waals surface area contributed by atoms with E-state index in [9.17, 15) is 10.1 Å². The van der Waals surface area contributed by atoms with Gasteiger partial charge in [-0.15, -0.1) is 23.1 Å². The van der Waals surface area contributed by atoms with Gasteiger partial charge in [-0.25, -0.2) is 9.97 Å². The number of hydrogen-bond acceptors (Lipinski definition) is 6. The van der Waals surface area contributed by atoms with Crippen LogP contribution in [0.3, 0.4) is 0 Å². The number of thioether (sulfide) groups is 1. The highest BCUT2D eigenvalue weighted by Gasteiger charge is 2.15. The lowest BCUT2D eigenvalue weighted by Crippen LogP contribution is -2.12. The maximum atomic E-state index is 11.8. The smallest absolute Gasteiger partial charge is 0.226 e. The molecule has 0 fully saturated rings. The minimum Gasteiger partial charge on any atom is -0.302 e. The number of anilines is 1. The lowest BCUT2D eigenvalue weighted by atomic mass is 9.95. The summed E-state index contributed by atoms with van der Waals surface area (Å²) in [6, 6.07) is 4.20. The first-order valence-corrected chi connectivity index (χ1v) is 9.38. The maximum absolute atomic E-state index is 11.8. The Morgan fingerprint density at radius 1 is 1.43 bits per heavy atom. The second-order valence-electron chi connectivity index (χ2n) is 5.25. The Hall–Kier alpha value is -1.91. The molecule has 118 valence electrons. The number of carbonyl (C=O) groups excluding carboxylic acids is 1. The zero-order valence-corrected chi connectivity index (χ0v) is 14.2. The van der Waals surface area contributed by atoms with Crippen molar-refractivity contribution in [2.24, 2.45) is 0 Å². The fourth-order valence-corrected chi connectivity index (χ4v) is 3.97. The van der Waals surface area contributed by atoms with Gasteiger partial charge in [0.2, 0.25) is 5.91 Å². The third kappa shape index (κ3) is 4.09. The monoisotopic (exact) mass is 344 g/mol. The number of nitrogens with one attached hydrogen (secondary N) is 1. The normalized spacial score (nSPS) is 13.2. The molecule has 0 radical (unpaired) electrons. The van der Waals surface area contributed by atoms with E-state index in [1.807, 2.05) is 11.4 Å². The average Bonchev–Trinajstić information content (AvgIpc) is 3.07. The van der Waals surface area contributed by atoms with E-state index in [-0.39, 0.29) is 5.91 Å². The van der Waals surface area contributed by atoms with Crippen molar-refractivity contribution in [1.29, 1.82) is 5.26 Å². The number of hydrogen-bond donors (Lipinski definition) is 1. The largest absolute Gasteiger partial charge is 0.302 e. The van der Waals surface area contributed by atoms with Crippen molar-refractivity contribution < 1.29 is 4.79 Å². The van der Waals surface area contributed by atoms with Crippen LogP contribution in [0.1, 0.15) is 36.1 Å². The van der Waals surface area contributed by atoms with E-state index < -0.39 is 0 Å². The molecule has 0 aliphatic heterocycles. The standard InChI is InChI=1S/C16H16N4OS2/c17-10-12-9-11-3-1-2-4-13(11)19-15(12)22-7-5-14(21)20-16-18-6-8-23-16/h6,8-9H,1-5,7H2,(H,18,20,21). The maximum Gasteiger partial charge on any atom is 0.226 e. The third-order valence-corrected chi connectivity index (χ3v) is 5.31. The molecule has 1 amide bonds. The van der Waals surface area contributed by atoms with Crippen LogP contribution in [-0.2, 0) is 17.6 Å². The minimum absolute atomic E-state index is 0.0658. The Balaban J connectivity index is 1.59. The molecule has 5 nitrogen and oxygen atoms in total. The lowest BCUT2D eigenvalue weighted by Gasteiger charge is -2.16. The van der Waals surface area contributed by atoms with E-state index in [4.69, 9.17) is 0 Å². The summed E-state index contributed by atoms with van der Waals surface area (Å²) in [4.78, 5) is 20.5. The molecule has 2 heterocycles. The molecule has 0 unspecified atom stereocenters. The van der Waals surface area contributed by atoms with Crippen molar-refractivity contribution in [3.63, 3.8) is 0 Å². The number of nitriles is 1. The summed E-state index contributed by atoms with van der Waals surface area (Å²) in [6.07, 6.45) is 6.35. The zero-order chi connectivity index (χ0) is 16.1. The van der Waals surface area contributed by atoms with E-state index >= 15 is 0 Å². The highest BCUT2D eigenvalue weighted by molar-refractivity contribution is 7.99. The molecule has 7 heteroatoms. The van der Waals surface area contributed by atoms with E-state index in [1.165, 1.54) is 35.1 Å². The number of pyridine rings is 1. The Morgan fingerprint density at radius 3 is 3.09 bits per heavy atom. The Labute approximate surface area is 143 Å². The fraction of sp³-hybridized carbons (Fsp3) is 0.375. The molecule has 1 aliphatic rings. The van der Waals surface area contributed by atoms with Gasteiger partial charge in [-0.1, -0.05) is 0 Å². The van der Waals surface area contributed by atoms with Crippen molar-refractivity contribution in [3.8, 4) is 6.07 Å².